The number of carboxylic acid groups (broad SMARTS) is 1. The average molecular weight is 293 g/mol. The van der Waals surface area contributed by atoms with Gasteiger partial charge in [0.05, 0.1) is 10.5 Å². The van der Waals surface area contributed by atoms with Crippen molar-refractivity contribution in [1.29, 1.82) is 0 Å². The van der Waals surface area contributed by atoms with Crippen LogP contribution in [0, 0.1) is 10.1 Å². The number of rotatable bonds is 4. The number of carbonyl (C=O) groups excluding carboxylic acids is 1. The van der Waals surface area contributed by atoms with Crippen molar-refractivity contribution in [3.63, 3.8) is 0 Å². The lowest BCUT2D eigenvalue weighted by atomic mass is 10.1. The number of nitrogens with one attached hydrogen (secondary N) is 2. The molecule has 8 heteroatoms. The second kappa shape index (κ2) is 6.21. The zero-order valence-corrected chi connectivity index (χ0v) is 11.2. The SMILES string of the molecule is O=C(Nc1ccc(C(=O)O)cc1[N+](=O)[O-])NC1CCCC1. The zero-order valence-electron chi connectivity index (χ0n) is 11.2. The third-order valence-electron chi connectivity index (χ3n) is 3.38. The summed E-state index contributed by atoms with van der Waals surface area (Å²) in [5.41, 5.74) is -0.680. The molecule has 0 aromatic heterocycles. The Bertz CT molecular complexity index is 581. The molecule has 112 valence electrons. The fraction of sp³-hybridized carbons (Fsp3) is 0.385. The summed E-state index contributed by atoms with van der Waals surface area (Å²) in [6.07, 6.45) is 3.90. The Kier molecular flexibility index (Phi) is 4.36. The highest BCUT2D eigenvalue weighted by Gasteiger charge is 2.21. The molecule has 0 unspecified atom stereocenters. The Labute approximate surface area is 120 Å². The number of carboxylic acids is 1. The van der Waals surface area contributed by atoms with Gasteiger partial charge in [-0.1, -0.05) is 12.8 Å². The van der Waals surface area contributed by atoms with E-state index in [1.165, 1.54) is 12.1 Å². The van der Waals surface area contributed by atoms with Gasteiger partial charge in [0.2, 0.25) is 0 Å². The van der Waals surface area contributed by atoms with Gasteiger partial charge in [0.25, 0.3) is 5.69 Å². The van der Waals surface area contributed by atoms with Crippen molar-refractivity contribution in [2.45, 2.75) is 31.7 Å². The van der Waals surface area contributed by atoms with E-state index in [4.69, 9.17) is 5.11 Å². The fourth-order valence-corrected chi connectivity index (χ4v) is 2.34. The van der Waals surface area contributed by atoms with Gasteiger partial charge in [0.15, 0.2) is 0 Å². The molecule has 0 radical (unpaired) electrons. The lowest BCUT2D eigenvalue weighted by molar-refractivity contribution is -0.383. The van der Waals surface area contributed by atoms with E-state index in [2.05, 4.69) is 10.6 Å². The summed E-state index contributed by atoms with van der Waals surface area (Å²) in [6.45, 7) is 0. The van der Waals surface area contributed by atoms with Crippen LogP contribution in [-0.2, 0) is 0 Å². The van der Waals surface area contributed by atoms with Gasteiger partial charge < -0.3 is 15.7 Å². The molecule has 3 N–H and O–H groups in total. The fourth-order valence-electron chi connectivity index (χ4n) is 2.34. The second-order valence-corrected chi connectivity index (χ2v) is 4.87. The minimum absolute atomic E-state index is 0.0273. The van der Waals surface area contributed by atoms with Gasteiger partial charge in [-0.15, -0.1) is 0 Å². The van der Waals surface area contributed by atoms with Crippen LogP contribution in [0.15, 0.2) is 18.2 Å². The van der Waals surface area contributed by atoms with Crippen LogP contribution in [0.5, 0.6) is 0 Å². The van der Waals surface area contributed by atoms with Gasteiger partial charge in [-0.25, -0.2) is 9.59 Å². The molecule has 21 heavy (non-hydrogen) atoms. The van der Waals surface area contributed by atoms with Gasteiger partial charge in [-0.2, -0.15) is 0 Å². The number of aromatic carboxylic acids is 1. The van der Waals surface area contributed by atoms with Gasteiger partial charge in [0.1, 0.15) is 5.69 Å². The van der Waals surface area contributed by atoms with E-state index in [1.54, 1.807) is 0 Å². The number of anilines is 1. The first-order valence-electron chi connectivity index (χ1n) is 6.56. The molecule has 1 aromatic carbocycles. The molecule has 0 saturated heterocycles. The second-order valence-electron chi connectivity index (χ2n) is 4.87. The molecule has 1 aromatic rings. The van der Waals surface area contributed by atoms with Crippen LogP contribution in [0.1, 0.15) is 36.0 Å². The predicted octanol–water partition coefficient (Wildman–Crippen LogP) is 2.36. The van der Waals surface area contributed by atoms with Gasteiger partial charge in [0, 0.05) is 12.1 Å². The summed E-state index contributed by atoms with van der Waals surface area (Å²) in [4.78, 5) is 32.9. The van der Waals surface area contributed by atoms with Crippen LogP contribution in [0.3, 0.4) is 0 Å². The number of hydrogen-bond acceptors (Lipinski definition) is 4. The highest BCUT2D eigenvalue weighted by atomic mass is 16.6. The summed E-state index contributed by atoms with van der Waals surface area (Å²) >= 11 is 0. The number of hydrogen-bond donors (Lipinski definition) is 3. The van der Waals surface area contributed by atoms with Crippen LogP contribution < -0.4 is 10.6 Å². The Morgan fingerprint density at radius 2 is 1.95 bits per heavy atom. The molecule has 1 aliphatic carbocycles. The van der Waals surface area contributed by atoms with Crippen LogP contribution in [0.4, 0.5) is 16.2 Å². The number of nitrogens with zero attached hydrogens (tertiary/aromatic N) is 1. The molecule has 0 aliphatic heterocycles. The molecule has 0 heterocycles. The van der Waals surface area contributed by atoms with E-state index >= 15 is 0 Å². The predicted molar refractivity (Wildman–Crippen MR) is 74.5 cm³/mol. The maximum atomic E-state index is 11.8. The van der Waals surface area contributed by atoms with Crippen LogP contribution >= 0.6 is 0 Å². The number of carbonyl (C=O) groups is 2. The third-order valence-corrected chi connectivity index (χ3v) is 3.38. The van der Waals surface area contributed by atoms with Crippen molar-refractivity contribution in [3.8, 4) is 0 Å². The Morgan fingerprint density at radius 1 is 1.29 bits per heavy atom. The summed E-state index contributed by atoms with van der Waals surface area (Å²) < 4.78 is 0. The van der Waals surface area contributed by atoms with Crippen molar-refractivity contribution in [2.24, 2.45) is 0 Å². The monoisotopic (exact) mass is 293 g/mol. The highest BCUT2D eigenvalue weighted by molar-refractivity contribution is 5.94. The number of urea groups is 1. The largest absolute Gasteiger partial charge is 0.478 e. The minimum atomic E-state index is -1.26. The van der Waals surface area contributed by atoms with Crippen molar-refractivity contribution in [2.75, 3.05) is 5.32 Å². The van der Waals surface area contributed by atoms with Crippen LogP contribution in [0.25, 0.3) is 0 Å². The maximum absolute atomic E-state index is 11.8. The minimum Gasteiger partial charge on any atom is -0.478 e. The number of nitro benzene ring substituents is 1. The first-order valence-corrected chi connectivity index (χ1v) is 6.56. The van der Waals surface area contributed by atoms with E-state index in [1.807, 2.05) is 0 Å². The molecule has 2 amide bonds. The quantitative estimate of drug-likeness (QED) is 0.581. The first kappa shape index (κ1) is 14.8. The molecule has 1 aliphatic rings. The zero-order chi connectivity index (χ0) is 15.4. The van der Waals surface area contributed by atoms with E-state index in [9.17, 15) is 19.7 Å². The topological polar surface area (TPSA) is 122 Å². The van der Waals surface area contributed by atoms with Crippen molar-refractivity contribution < 1.29 is 19.6 Å². The van der Waals surface area contributed by atoms with Crippen molar-refractivity contribution in [3.05, 3.63) is 33.9 Å². The molecular weight excluding hydrogens is 278 g/mol. The van der Waals surface area contributed by atoms with Gasteiger partial charge in [-0.3, -0.25) is 10.1 Å². The molecule has 0 spiro atoms. The lowest BCUT2D eigenvalue weighted by Crippen LogP contribution is -2.36. The standard InChI is InChI=1S/C13H15N3O5/c17-12(18)8-5-6-10(11(7-8)16(20)21)15-13(19)14-9-3-1-2-4-9/h5-7,9H,1-4H2,(H,17,18)(H2,14,15,19). The maximum Gasteiger partial charge on any atom is 0.335 e. The summed E-state index contributed by atoms with van der Waals surface area (Å²) in [5, 5.41) is 24.9. The number of amides is 2. The Balaban J connectivity index is 2.12. The van der Waals surface area contributed by atoms with E-state index < -0.39 is 22.6 Å². The Hall–Kier alpha value is -2.64. The first-order chi connectivity index (χ1) is 9.97. The van der Waals surface area contributed by atoms with Gasteiger partial charge >= 0.3 is 12.0 Å². The smallest absolute Gasteiger partial charge is 0.335 e. The molecule has 1 fully saturated rings. The summed E-state index contributed by atoms with van der Waals surface area (Å²) in [6, 6.07) is 2.92. The molecule has 0 bridgehead atoms. The molecular formula is C13H15N3O5. The average Bonchev–Trinajstić information content (AvgIpc) is 2.91. The van der Waals surface area contributed by atoms with Gasteiger partial charge in [-0.05, 0) is 25.0 Å². The van der Waals surface area contributed by atoms with E-state index in [0.717, 1.165) is 31.7 Å². The van der Waals surface area contributed by atoms with Crippen molar-refractivity contribution in [1.82, 2.24) is 5.32 Å². The van der Waals surface area contributed by atoms with E-state index in [0.29, 0.717) is 0 Å². The third kappa shape index (κ3) is 3.68. The van der Waals surface area contributed by atoms with Crippen LogP contribution in [0.2, 0.25) is 0 Å². The number of benzene rings is 1. The Morgan fingerprint density at radius 3 is 2.52 bits per heavy atom. The normalized spacial score (nSPS) is 14.7. The summed E-state index contributed by atoms with van der Waals surface area (Å²) in [5.74, 6) is -1.26. The van der Waals surface area contributed by atoms with E-state index in [-0.39, 0.29) is 17.3 Å². The lowest BCUT2D eigenvalue weighted by Gasteiger charge is -2.13. The summed E-state index contributed by atoms with van der Waals surface area (Å²) in [7, 11) is 0. The van der Waals surface area contributed by atoms with Crippen molar-refractivity contribution >= 4 is 23.4 Å². The van der Waals surface area contributed by atoms with Crippen LogP contribution in [-0.4, -0.2) is 28.1 Å². The molecule has 1 saturated carbocycles. The number of nitro groups is 1. The highest BCUT2D eigenvalue weighted by Crippen LogP contribution is 2.26. The molecule has 0 atom stereocenters. The molecule has 2 rings (SSSR count). The molecule has 8 nitrogen and oxygen atoms in total.